The summed E-state index contributed by atoms with van der Waals surface area (Å²) in [5.74, 6) is 0.815. The first kappa shape index (κ1) is 10.4. The van der Waals surface area contributed by atoms with E-state index in [9.17, 15) is 10.0 Å². The summed E-state index contributed by atoms with van der Waals surface area (Å²) >= 11 is 1.72. The molecule has 1 aromatic heterocycles. The number of urea groups is 1. The van der Waals surface area contributed by atoms with E-state index in [1.807, 2.05) is 18.4 Å². The highest BCUT2D eigenvalue weighted by atomic mass is 32.1. The average Bonchev–Trinajstić information content (AvgIpc) is 2.82. The van der Waals surface area contributed by atoms with E-state index in [-0.39, 0.29) is 6.04 Å². The minimum absolute atomic E-state index is 0.199. The molecule has 0 spiro atoms. The molecule has 0 radical (unpaired) electrons. The smallest absolute Gasteiger partial charge is 0.338 e. The Hall–Kier alpha value is -1.07. The third-order valence-corrected chi connectivity index (χ3v) is 3.98. The zero-order valence-electron chi connectivity index (χ0n) is 8.46. The molecule has 1 aliphatic carbocycles. The molecule has 4 nitrogen and oxygen atoms in total. The van der Waals surface area contributed by atoms with E-state index in [4.69, 9.17) is 5.73 Å². The third kappa shape index (κ3) is 1.98. The summed E-state index contributed by atoms with van der Waals surface area (Å²) in [6.07, 6.45) is 1.02. The van der Waals surface area contributed by atoms with E-state index in [1.54, 1.807) is 11.3 Å². The summed E-state index contributed by atoms with van der Waals surface area (Å²) in [5.41, 5.74) is 5.01. The van der Waals surface area contributed by atoms with Gasteiger partial charge >= 0.3 is 6.03 Å². The second-order valence-corrected chi connectivity index (χ2v) is 4.92. The van der Waals surface area contributed by atoms with Crippen LogP contribution in [0.2, 0.25) is 0 Å². The standard InChI is InChI=1S/C10H14N2O2S/c1-6(12(14)10(11)13)7-5-8(7)9-3-2-4-15-9/h2-4,6-8,14H,5H2,1H3,(H2,11,13). The monoisotopic (exact) mass is 226 g/mol. The number of amides is 2. The van der Waals surface area contributed by atoms with Gasteiger partial charge in [0.1, 0.15) is 0 Å². The van der Waals surface area contributed by atoms with Crippen molar-refractivity contribution in [3.63, 3.8) is 0 Å². The van der Waals surface area contributed by atoms with Gasteiger partial charge in [-0.25, -0.2) is 9.86 Å². The van der Waals surface area contributed by atoms with Gasteiger partial charge in [-0.15, -0.1) is 11.3 Å². The second kappa shape index (κ2) is 3.83. The Morgan fingerprint density at radius 2 is 2.53 bits per heavy atom. The summed E-state index contributed by atoms with van der Waals surface area (Å²) in [7, 11) is 0. The van der Waals surface area contributed by atoms with Crippen molar-refractivity contribution in [2.24, 2.45) is 11.7 Å². The molecule has 3 atom stereocenters. The van der Waals surface area contributed by atoms with Gasteiger partial charge in [-0.2, -0.15) is 0 Å². The number of nitrogens with zero attached hydrogens (tertiary/aromatic N) is 1. The van der Waals surface area contributed by atoms with Crippen molar-refractivity contribution in [2.75, 3.05) is 0 Å². The van der Waals surface area contributed by atoms with Crippen molar-refractivity contribution < 1.29 is 10.0 Å². The maximum Gasteiger partial charge on any atom is 0.338 e. The molecule has 15 heavy (non-hydrogen) atoms. The van der Waals surface area contributed by atoms with Crippen LogP contribution in [0, 0.1) is 5.92 Å². The number of hydrogen-bond donors (Lipinski definition) is 2. The number of rotatable bonds is 3. The van der Waals surface area contributed by atoms with Gasteiger partial charge in [0.25, 0.3) is 0 Å². The first-order valence-corrected chi connectivity index (χ1v) is 5.80. The lowest BCUT2D eigenvalue weighted by atomic mass is 10.1. The molecular formula is C10H14N2O2S. The molecule has 5 heteroatoms. The lowest BCUT2D eigenvalue weighted by Crippen LogP contribution is -2.40. The number of nitrogens with two attached hydrogens (primary N) is 1. The topological polar surface area (TPSA) is 66.6 Å². The SMILES string of the molecule is CC(C1CC1c1cccs1)N(O)C(N)=O. The van der Waals surface area contributed by atoms with Gasteiger partial charge in [0.15, 0.2) is 0 Å². The predicted molar refractivity (Wildman–Crippen MR) is 57.8 cm³/mol. The van der Waals surface area contributed by atoms with Gasteiger partial charge in [0.2, 0.25) is 0 Å². The molecule has 82 valence electrons. The Morgan fingerprint density at radius 1 is 1.80 bits per heavy atom. The summed E-state index contributed by atoms with van der Waals surface area (Å²) in [5, 5.41) is 12.1. The molecule has 0 aliphatic heterocycles. The summed E-state index contributed by atoms with van der Waals surface area (Å²) in [4.78, 5) is 12.1. The largest absolute Gasteiger partial charge is 0.350 e. The summed E-state index contributed by atoms with van der Waals surface area (Å²) < 4.78 is 0. The highest BCUT2D eigenvalue weighted by Gasteiger charge is 2.45. The molecule has 3 unspecified atom stereocenters. The van der Waals surface area contributed by atoms with Gasteiger partial charge in [-0.3, -0.25) is 5.21 Å². The van der Waals surface area contributed by atoms with E-state index < -0.39 is 6.03 Å². The number of carbonyl (C=O) groups excluding carboxylic acids is 1. The lowest BCUT2D eigenvalue weighted by molar-refractivity contribution is -0.0759. The zero-order chi connectivity index (χ0) is 11.0. The molecule has 1 heterocycles. The Morgan fingerprint density at radius 3 is 3.07 bits per heavy atom. The number of hydroxylamine groups is 2. The van der Waals surface area contributed by atoms with Crippen molar-refractivity contribution in [1.29, 1.82) is 0 Å². The first-order chi connectivity index (χ1) is 7.11. The van der Waals surface area contributed by atoms with Crippen LogP contribution in [0.1, 0.15) is 24.1 Å². The molecule has 1 saturated carbocycles. The van der Waals surface area contributed by atoms with Crippen molar-refractivity contribution in [3.05, 3.63) is 22.4 Å². The van der Waals surface area contributed by atoms with E-state index in [0.717, 1.165) is 6.42 Å². The highest BCUT2D eigenvalue weighted by Crippen LogP contribution is 2.51. The van der Waals surface area contributed by atoms with Gasteiger partial charge in [-0.05, 0) is 36.6 Å². The van der Waals surface area contributed by atoms with Crippen molar-refractivity contribution in [3.8, 4) is 0 Å². The lowest BCUT2D eigenvalue weighted by Gasteiger charge is -2.20. The molecule has 0 saturated heterocycles. The highest BCUT2D eigenvalue weighted by molar-refractivity contribution is 7.10. The van der Waals surface area contributed by atoms with Gasteiger partial charge < -0.3 is 5.73 Å². The molecule has 0 bridgehead atoms. The number of carbonyl (C=O) groups is 1. The summed E-state index contributed by atoms with van der Waals surface area (Å²) in [6, 6.07) is 3.13. The van der Waals surface area contributed by atoms with Crippen LogP contribution in [-0.2, 0) is 0 Å². The van der Waals surface area contributed by atoms with Gasteiger partial charge in [0, 0.05) is 4.88 Å². The normalized spacial score (nSPS) is 26.0. The minimum Gasteiger partial charge on any atom is -0.350 e. The second-order valence-electron chi connectivity index (χ2n) is 3.94. The van der Waals surface area contributed by atoms with E-state index in [2.05, 4.69) is 6.07 Å². The average molecular weight is 226 g/mol. The fourth-order valence-corrected chi connectivity index (χ4v) is 2.88. The Labute approximate surface area is 92.3 Å². The van der Waals surface area contributed by atoms with Crippen LogP contribution < -0.4 is 5.73 Å². The third-order valence-electron chi connectivity index (χ3n) is 2.98. The number of thiophene rings is 1. The van der Waals surface area contributed by atoms with Crippen LogP contribution >= 0.6 is 11.3 Å². The van der Waals surface area contributed by atoms with Crippen LogP contribution in [0.4, 0.5) is 4.79 Å². The molecule has 3 N–H and O–H groups in total. The van der Waals surface area contributed by atoms with Crippen LogP contribution in [0.25, 0.3) is 0 Å². The molecule has 1 aliphatic rings. The fraction of sp³-hybridized carbons (Fsp3) is 0.500. The minimum atomic E-state index is -0.778. The molecule has 1 fully saturated rings. The molecule has 2 amide bonds. The van der Waals surface area contributed by atoms with Crippen molar-refractivity contribution in [2.45, 2.75) is 25.3 Å². The molecule has 1 aromatic rings. The van der Waals surface area contributed by atoms with E-state index >= 15 is 0 Å². The Balaban J connectivity index is 1.96. The maximum atomic E-state index is 10.8. The maximum absolute atomic E-state index is 10.8. The summed E-state index contributed by atoms with van der Waals surface area (Å²) in [6.45, 7) is 1.82. The van der Waals surface area contributed by atoms with E-state index in [0.29, 0.717) is 16.9 Å². The quantitative estimate of drug-likeness (QED) is 0.611. The fourth-order valence-electron chi connectivity index (χ4n) is 1.96. The van der Waals surface area contributed by atoms with Gasteiger partial charge in [0.05, 0.1) is 6.04 Å². The van der Waals surface area contributed by atoms with Crippen LogP contribution in [0.15, 0.2) is 17.5 Å². The zero-order valence-corrected chi connectivity index (χ0v) is 9.28. The Bertz CT molecular complexity index is 352. The van der Waals surface area contributed by atoms with Crippen LogP contribution in [0.5, 0.6) is 0 Å². The van der Waals surface area contributed by atoms with Crippen LogP contribution in [-0.4, -0.2) is 22.3 Å². The number of hydrogen-bond acceptors (Lipinski definition) is 3. The van der Waals surface area contributed by atoms with Crippen molar-refractivity contribution in [1.82, 2.24) is 5.06 Å². The molecule has 2 rings (SSSR count). The van der Waals surface area contributed by atoms with Gasteiger partial charge in [-0.1, -0.05) is 6.07 Å². The predicted octanol–water partition coefficient (Wildman–Crippen LogP) is 2.01. The van der Waals surface area contributed by atoms with Crippen LogP contribution in [0.3, 0.4) is 0 Å². The Kier molecular flexibility index (Phi) is 2.67. The number of primary amides is 1. The molecule has 0 aromatic carbocycles. The molecular weight excluding hydrogens is 212 g/mol. The first-order valence-electron chi connectivity index (χ1n) is 4.92. The van der Waals surface area contributed by atoms with E-state index in [1.165, 1.54) is 4.88 Å². The van der Waals surface area contributed by atoms with Crippen molar-refractivity contribution >= 4 is 17.4 Å².